The van der Waals surface area contributed by atoms with Crippen LogP contribution in [0.25, 0.3) is 21.8 Å². The largest absolute Gasteiger partial charge is 0.303 e. The van der Waals surface area contributed by atoms with Crippen LogP contribution in [0.1, 0.15) is 43.8 Å². The molecule has 1 saturated heterocycles. The molecular formula is C23H29ClN2O. The maximum atomic E-state index is 13.0. The number of piperidine rings is 1. The first kappa shape index (κ1) is 19.9. The summed E-state index contributed by atoms with van der Waals surface area (Å²) in [5.74, 6) is 1.04. The zero-order valence-electron chi connectivity index (χ0n) is 16.1. The molecule has 0 spiro atoms. The summed E-state index contributed by atoms with van der Waals surface area (Å²) in [6.45, 7) is 5.93. The Morgan fingerprint density at radius 2 is 1.63 bits per heavy atom. The van der Waals surface area contributed by atoms with Gasteiger partial charge in [0.2, 0.25) is 5.91 Å². The van der Waals surface area contributed by atoms with Crippen LogP contribution in [0.5, 0.6) is 0 Å². The Morgan fingerprint density at radius 3 is 2.26 bits per heavy atom. The second-order valence-corrected chi connectivity index (χ2v) is 7.77. The minimum Gasteiger partial charge on any atom is -0.303 e. The van der Waals surface area contributed by atoms with Crippen molar-refractivity contribution >= 4 is 40.1 Å². The molecule has 1 atom stereocenters. The highest BCUT2D eigenvalue weighted by molar-refractivity contribution is 6.13. The molecule has 27 heavy (non-hydrogen) atoms. The highest BCUT2D eigenvalue weighted by Crippen LogP contribution is 2.29. The summed E-state index contributed by atoms with van der Waals surface area (Å²) in [7, 11) is 0. The number of para-hydroxylation sites is 2. The fourth-order valence-corrected chi connectivity index (χ4v) is 4.40. The molecule has 3 aromatic rings. The Labute approximate surface area is 167 Å². The number of carbonyl (C=O) groups is 1. The van der Waals surface area contributed by atoms with E-state index < -0.39 is 0 Å². The molecule has 1 aromatic heterocycles. The van der Waals surface area contributed by atoms with E-state index in [1.54, 1.807) is 0 Å². The predicted molar refractivity (Wildman–Crippen MR) is 116 cm³/mol. The van der Waals surface area contributed by atoms with Crippen LogP contribution in [0.4, 0.5) is 0 Å². The lowest BCUT2D eigenvalue weighted by atomic mass is 10.00. The molecule has 0 amide bonds. The molecule has 0 radical (unpaired) electrons. The second-order valence-electron chi connectivity index (χ2n) is 7.77. The first-order valence-electron chi connectivity index (χ1n) is 9.98. The van der Waals surface area contributed by atoms with Gasteiger partial charge in [0.1, 0.15) is 0 Å². The van der Waals surface area contributed by atoms with Crippen LogP contribution in [0.3, 0.4) is 0 Å². The number of benzene rings is 2. The van der Waals surface area contributed by atoms with Gasteiger partial charge in [0.05, 0.1) is 11.0 Å². The van der Waals surface area contributed by atoms with Crippen LogP contribution in [0.15, 0.2) is 48.5 Å². The normalized spacial score (nSPS) is 17.9. The molecule has 3 nitrogen and oxygen atoms in total. The number of aromatic nitrogens is 1. The van der Waals surface area contributed by atoms with E-state index in [1.165, 1.54) is 36.7 Å². The highest BCUT2D eigenvalue weighted by Gasteiger charge is 2.17. The van der Waals surface area contributed by atoms with E-state index in [0.717, 1.165) is 36.3 Å². The lowest BCUT2D eigenvalue weighted by Gasteiger charge is -2.30. The van der Waals surface area contributed by atoms with Gasteiger partial charge >= 0.3 is 0 Å². The van der Waals surface area contributed by atoms with Gasteiger partial charge in [0, 0.05) is 23.7 Å². The van der Waals surface area contributed by atoms with Gasteiger partial charge in [0.15, 0.2) is 0 Å². The Bertz CT molecular complexity index is 864. The van der Waals surface area contributed by atoms with Crippen LogP contribution in [0.2, 0.25) is 0 Å². The third kappa shape index (κ3) is 4.20. The van der Waals surface area contributed by atoms with Crippen LogP contribution in [0, 0.1) is 5.92 Å². The third-order valence-electron chi connectivity index (χ3n) is 5.69. The van der Waals surface area contributed by atoms with E-state index in [1.807, 2.05) is 28.8 Å². The van der Waals surface area contributed by atoms with Gasteiger partial charge in [-0.25, -0.2) is 0 Å². The van der Waals surface area contributed by atoms with E-state index in [2.05, 4.69) is 36.1 Å². The quantitative estimate of drug-likeness (QED) is 0.522. The van der Waals surface area contributed by atoms with E-state index in [9.17, 15) is 4.79 Å². The molecule has 1 unspecified atom stereocenters. The summed E-state index contributed by atoms with van der Waals surface area (Å²) in [4.78, 5) is 15.6. The summed E-state index contributed by atoms with van der Waals surface area (Å²) < 4.78 is 1.92. The molecular weight excluding hydrogens is 356 g/mol. The molecule has 1 aliphatic rings. The molecule has 0 N–H and O–H groups in total. The minimum atomic E-state index is 0. The summed E-state index contributed by atoms with van der Waals surface area (Å²) >= 11 is 0. The number of unbranched alkanes of at least 4 members (excludes halogenated alkanes) is 1. The molecule has 4 rings (SSSR count). The number of hydrogen-bond donors (Lipinski definition) is 0. The van der Waals surface area contributed by atoms with Gasteiger partial charge in [-0.1, -0.05) is 43.3 Å². The Morgan fingerprint density at radius 1 is 1.00 bits per heavy atom. The van der Waals surface area contributed by atoms with Crippen molar-refractivity contribution in [2.45, 2.75) is 39.0 Å². The van der Waals surface area contributed by atoms with Gasteiger partial charge in [-0.2, -0.15) is 0 Å². The second kappa shape index (κ2) is 8.90. The average Bonchev–Trinajstić information content (AvgIpc) is 3.00. The van der Waals surface area contributed by atoms with E-state index in [0.29, 0.717) is 6.42 Å². The maximum absolute atomic E-state index is 13.0. The zero-order valence-corrected chi connectivity index (χ0v) is 16.9. The molecule has 0 bridgehead atoms. The fraction of sp³-hybridized carbons (Fsp3) is 0.435. The van der Waals surface area contributed by atoms with Crippen molar-refractivity contribution in [3.05, 3.63) is 48.5 Å². The molecule has 2 aromatic carbocycles. The van der Waals surface area contributed by atoms with Crippen LogP contribution in [-0.2, 0) is 0 Å². The van der Waals surface area contributed by atoms with Gasteiger partial charge in [-0.3, -0.25) is 9.36 Å². The van der Waals surface area contributed by atoms with Crippen molar-refractivity contribution in [1.29, 1.82) is 0 Å². The molecule has 1 aliphatic heterocycles. The van der Waals surface area contributed by atoms with E-state index in [4.69, 9.17) is 0 Å². The first-order chi connectivity index (χ1) is 12.7. The van der Waals surface area contributed by atoms with Crippen LogP contribution in [-0.4, -0.2) is 35.0 Å². The highest BCUT2D eigenvalue weighted by atomic mass is 35.5. The standard InChI is InChI=1S/C23H28N2O.ClH/c1-18-9-8-16-24(17-18)15-7-6-14-23(26)25-21-12-4-2-10-19(21)20-11-3-5-13-22(20)25;/h2-5,10-13,18H,6-9,14-17H2,1H3;1H. The number of carbonyl (C=O) groups excluding carboxylic acids is 1. The lowest BCUT2D eigenvalue weighted by Crippen LogP contribution is -2.34. The van der Waals surface area contributed by atoms with Crippen molar-refractivity contribution < 1.29 is 4.79 Å². The van der Waals surface area contributed by atoms with Crippen molar-refractivity contribution in [3.8, 4) is 0 Å². The maximum Gasteiger partial charge on any atom is 0.231 e. The van der Waals surface area contributed by atoms with Gasteiger partial charge in [-0.05, 0) is 56.8 Å². The number of hydrogen-bond acceptors (Lipinski definition) is 2. The predicted octanol–water partition coefficient (Wildman–Crippen LogP) is 5.76. The smallest absolute Gasteiger partial charge is 0.231 e. The monoisotopic (exact) mass is 384 g/mol. The van der Waals surface area contributed by atoms with E-state index in [-0.39, 0.29) is 18.3 Å². The molecule has 4 heteroatoms. The third-order valence-corrected chi connectivity index (χ3v) is 5.69. The summed E-state index contributed by atoms with van der Waals surface area (Å²) in [5.41, 5.74) is 2.06. The minimum absolute atomic E-state index is 0. The Hall–Kier alpha value is -1.84. The van der Waals surface area contributed by atoms with Crippen molar-refractivity contribution in [3.63, 3.8) is 0 Å². The zero-order chi connectivity index (χ0) is 17.9. The number of rotatable bonds is 5. The Kier molecular flexibility index (Phi) is 6.56. The summed E-state index contributed by atoms with van der Waals surface area (Å²) in [5, 5.41) is 2.33. The van der Waals surface area contributed by atoms with E-state index >= 15 is 0 Å². The number of fused-ring (bicyclic) bond motifs is 3. The SMILES string of the molecule is CC1CCCN(CCCCC(=O)n2c3ccccc3c3ccccc32)C1.Cl. The van der Waals surface area contributed by atoms with Crippen LogP contribution < -0.4 is 0 Å². The Balaban J connectivity index is 0.00000210. The van der Waals surface area contributed by atoms with Gasteiger partial charge < -0.3 is 4.90 Å². The summed E-state index contributed by atoms with van der Waals surface area (Å²) in [6.07, 6.45) is 5.37. The number of halogens is 1. The van der Waals surface area contributed by atoms with Crippen molar-refractivity contribution in [2.24, 2.45) is 5.92 Å². The molecule has 0 saturated carbocycles. The topological polar surface area (TPSA) is 25.2 Å². The van der Waals surface area contributed by atoms with Crippen LogP contribution >= 0.6 is 12.4 Å². The van der Waals surface area contributed by atoms with Crippen molar-refractivity contribution in [1.82, 2.24) is 9.47 Å². The van der Waals surface area contributed by atoms with Crippen molar-refractivity contribution in [2.75, 3.05) is 19.6 Å². The molecule has 144 valence electrons. The average molecular weight is 385 g/mol. The molecule has 0 aliphatic carbocycles. The first-order valence-corrected chi connectivity index (χ1v) is 9.98. The summed E-state index contributed by atoms with van der Waals surface area (Å²) in [6, 6.07) is 16.5. The molecule has 2 heterocycles. The van der Waals surface area contributed by atoms with Gasteiger partial charge in [0.25, 0.3) is 0 Å². The fourth-order valence-electron chi connectivity index (χ4n) is 4.40. The van der Waals surface area contributed by atoms with Gasteiger partial charge in [-0.15, -0.1) is 12.4 Å². The number of likely N-dealkylation sites (tertiary alicyclic amines) is 1. The molecule has 1 fully saturated rings. The lowest BCUT2D eigenvalue weighted by molar-refractivity contribution is 0.0906. The number of nitrogens with zero attached hydrogens (tertiary/aromatic N) is 2.